The van der Waals surface area contributed by atoms with Crippen molar-refractivity contribution < 1.29 is 23.9 Å². The molecule has 2 atom stereocenters. The molecule has 8 nitrogen and oxygen atoms in total. The number of halogens is 1. The molecule has 0 radical (unpaired) electrons. The molecule has 4 rings (SSSR count). The maximum absolute atomic E-state index is 14.0. The van der Waals surface area contributed by atoms with Crippen molar-refractivity contribution in [2.24, 2.45) is 0 Å². The fourth-order valence-corrected chi connectivity index (χ4v) is 4.64. The van der Waals surface area contributed by atoms with E-state index in [1.54, 1.807) is 55.5 Å². The maximum atomic E-state index is 14.0. The lowest BCUT2D eigenvalue weighted by molar-refractivity contribution is -0.126. The van der Waals surface area contributed by atoms with Gasteiger partial charge in [-0.2, -0.15) is 5.26 Å². The van der Waals surface area contributed by atoms with Crippen LogP contribution in [-0.4, -0.2) is 46.9 Å². The van der Waals surface area contributed by atoms with E-state index in [1.807, 2.05) is 6.07 Å². The summed E-state index contributed by atoms with van der Waals surface area (Å²) in [6.45, 7) is 0.601. The van der Waals surface area contributed by atoms with E-state index >= 15 is 0 Å². The first-order chi connectivity index (χ1) is 16.9. The number of nitriles is 1. The van der Waals surface area contributed by atoms with Crippen molar-refractivity contribution in [3.05, 3.63) is 76.5 Å². The molecule has 2 unspecified atom stereocenters. The average Bonchev–Trinajstić information content (AvgIpc) is 3.26. The van der Waals surface area contributed by atoms with E-state index in [4.69, 9.17) is 5.11 Å². The molecule has 3 amide bonds. The second-order valence-electron chi connectivity index (χ2n) is 8.44. The highest BCUT2D eigenvalue weighted by Crippen LogP contribution is 2.45. The number of aliphatic hydroxyl groups excluding tert-OH is 1. The molecule has 180 valence electrons. The monoisotopic (exact) mass is 476 g/mol. The summed E-state index contributed by atoms with van der Waals surface area (Å²) in [5, 5.41) is 20.9. The van der Waals surface area contributed by atoms with Gasteiger partial charge in [-0.05, 0) is 48.7 Å². The van der Waals surface area contributed by atoms with Crippen LogP contribution in [0.5, 0.6) is 0 Å². The summed E-state index contributed by atoms with van der Waals surface area (Å²) in [7, 11) is 0. The average molecular weight is 477 g/mol. The highest BCUT2D eigenvalue weighted by Gasteiger charge is 2.48. The number of hydrogen-bond donors (Lipinski definition) is 2. The topological polar surface area (TPSA) is 114 Å². The summed E-state index contributed by atoms with van der Waals surface area (Å²) in [6, 6.07) is 12.7. The van der Waals surface area contributed by atoms with Gasteiger partial charge in [0.2, 0.25) is 5.91 Å². The van der Waals surface area contributed by atoms with Crippen molar-refractivity contribution in [1.82, 2.24) is 10.2 Å². The summed E-state index contributed by atoms with van der Waals surface area (Å²) in [6.07, 6.45) is 0.550. The number of alkyl halides is 1. The number of hydrogen-bond acceptors (Lipinski definition) is 5. The van der Waals surface area contributed by atoms with E-state index in [1.165, 1.54) is 9.80 Å². The maximum Gasteiger partial charge on any atom is 0.330 e. The van der Waals surface area contributed by atoms with Crippen LogP contribution in [0.3, 0.4) is 0 Å². The minimum Gasteiger partial charge on any atom is -0.395 e. The Morgan fingerprint density at radius 2 is 1.97 bits per heavy atom. The van der Waals surface area contributed by atoms with Gasteiger partial charge in [0.15, 0.2) is 5.78 Å². The first-order valence-corrected chi connectivity index (χ1v) is 11.3. The summed E-state index contributed by atoms with van der Waals surface area (Å²) >= 11 is 0. The van der Waals surface area contributed by atoms with Crippen LogP contribution in [0.15, 0.2) is 59.8 Å². The normalized spacial score (nSPS) is 18.4. The highest BCUT2D eigenvalue weighted by atomic mass is 19.1. The number of benzene rings is 2. The molecule has 0 bridgehead atoms. The largest absolute Gasteiger partial charge is 0.395 e. The molecule has 0 spiro atoms. The third-order valence-corrected chi connectivity index (χ3v) is 6.32. The number of amides is 3. The minimum absolute atomic E-state index is 0.0157. The molecule has 35 heavy (non-hydrogen) atoms. The molecule has 2 aromatic rings. The fraction of sp³-hybridized carbons (Fsp3) is 0.308. The molecule has 0 saturated heterocycles. The Kier molecular flexibility index (Phi) is 6.94. The molecule has 9 heteroatoms. The zero-order valence-electron chi connectivity index (χ0n) is 19.2. The number of allylic oxidation sites excluding steroid dienone is 1. The first kappa shape index (κ1) is 24.1. The van der Waals surface area contributed by atoms with Crippen LogP contribution in [0.2, 0.25) is 0 Å². The van der Waals surface area contributed by atoms with Crippen LogP contribution >= 0.6 is 0 Å². The lowest BCUT2D eigenvalue weighted by Crippen LogP contribution is -2.57. The Labute approximate surface area is 202 Å². The van der Waals surface area contributed by atoms with Gasteiger partial charge in [0, 0.05) is 24.2 Å². The second kappa shape index (κ2) is 10.1. The van der Waals surface area contributed by atoms with E-state index in [-0.39, 0.29) is 25.4 Å². The molecule has 1 aliphatic carbocycles. The number of urea groups is 1. The number of nitrogens with zero attached hydrogens (tertiary/aromatic N) is 3. The third kappa shape index (κ3) is 4.40. The number of ketones is 1. The Bertz CT molecular complexity index is 1230. The zero-order valence-corrected chi connectivity index (χ0v) is 19.2. The molecule has 0 saturated carbocycles. The number of aliphatic hydroxyl groups is 1. The number of nitrogens with one attached hydrogen (secondary N) is 1. The number of carbonyl (C=O) groups excluding carboxylic acids is 3. The molecular weight excluding hydrogens is 451 g/mol. The Morgan fingerprint density at radius 1 is 1.23 bits per heavy atom. The van der Waals surface area contributed by atoms with Crippen molar-refractivity contribution in [1.29, 1.82) is 5.26 Å². The second-order valence-corrected chi connectivity index (χ2v) is 8.44. The van der Waals surface area contributed by atoms with Crippen molar-refractivity contribution in [2.75, 3.05) is 18.1 Å². The molecule has 2 aromatic carbocycles. The molecule has 1 aliphatic heterocycles. The Balaban J connectivity index is 1.90. The molecule has 1 heterocycles. The minimum atomic E-state index is -0.996. The van der Waals surface area contributed by atoms with Crippen LogP contribution in [0.25, 0.3) is 0 Å². The SMILES string of the molecule is CC(C(=O)NCCO)N1C(=O)N(c2cccc(CF)c2)C2=C(C(=O)CC2)C1c1ccc(C#N)cc1. The van der Waals surface area contributed by atoms with E-state index in [9.17, 15) is 24.0 Å². The molecule has 2 aliphatic rings. The predicted octanol–water partition coefficient (Wildman–Crippen LogP) is 3.13. The van der Waals surface area contributed by atoms with Gasteiger partial charge in [0.25, 0.3) is 0 Å². The Morgan fingerprint density at radius 3 is 2.63 bits per heavy atom. The zero-order chi connectivity index (χ0) is 25.1. The van der Waals surface area contributed by atoms with E-state index in [0.717, 1.165) is 0 Å². The van der Waals surface area contributed by atoms with E-state index in [2.05, 4.69) is 5.32 Å². The standard InChI is InChI=1S/C26H25FN4O4/c1-16(25(34)29-11-12-32)30-24(19-7-5-17(15-28)6-8-19)23-21(9-10-22(23)33)31(26(30)35)20-4-2-3-18(13-20)14-27/h2-8,13,16,24,32H,9-12,14H2,1H3,(H,29,34). The number of carbonyl (C=O) groups is 3. The number of Topliss-reactive ketones (excluding diaryl/α,β-unsaturated/α-hetero) is 1. The van der Waals surface area contributed by atoms with Gasteiger partial charge in [-0.3, -0.25) is 14.5 Å². The third-order valence-electron chi connectivity index (χ3n) is 6.32. The summed E-state index contributed by atoms with van der Waals surface area (Å²) in [4.78, 5) is 42.9. The van der Waals surface area contributed by atoms with Gasteiger partial charge >= 0.3 is 6.03 Å². The van der Waals surface area contributed by atoms with Crippen molar-refractivity contribution in [3.63, 3.8) is 0 Å². The number of anilines is 1. The van der Waals surface area contributed by atoms with Crippen LogP contribution in [-0.2, 0) is 16.3 Å². The molecular formula is C26H25FN4O4. The highest BCUT2D eigenvalue weighted by molar-refractivity contribution is 6.09. The fourth-order valence-electron chi connectivity index (χ4n) is 4.64. The quantitative estimate of drug-likeness (QED) is 0.637. The van der Waals surface area contributed by atoms with Crippen molar-refractivity contribution in [2.45, 2.75) is 38.5 Å². The molecule has 0 aromatic heterocycles. The molecule has 0 fully saturated rings. The number of rotatable bonds is 7. The smallest absolute Gasteiger partial charge is 0.330 e. The van der Waals surface area contributed by atoms with Gasteiger partial charge < -0.3 is 15.3 Å². The van der Waals surface area contributed by atoms with Crippen LogP contribution in [0.1, 0.15) is 42.5 Å². The van der Waals surface area contributed by atoms with Crippen molar-refractivity contribution >= 4 is 23.4 Å². The van der Waals surface area contributed by atoms with Crippen LogP contribution in [0.4, 0.5) is 14.9 Å². The van der Waals surface area contributed by atoms with Gasteiger partial charge in [-0.15, -0.1) is 0 Å². The lowest BCUT2D eigenvalue weighted by Gasteiger charge is -2.44. The predicted molar refractivity (Wildman–Crippen MR) is 126 cm³/mol. The summed E-state index contributed by atoms with van der Waals surface area (Å²) in [5.74, 6) is -0.625. The molecule has 2 N–H and O–H groups in total. The lowest BCUT2D eigenvalue weighted by atomic mass is 9.91. The van der Waals surface area contributed by atoms with Crippen molar-refractivity contribution in [3.8, 4) is 6.07 Å². The van der Waals surface area contributed by atoms with Gasteiger partial charge in [0.05, 0.1) is 30.0 Å². The van der Waals surface area contributed by atoms with Gasteiger partial charge in [-0.1, -0.05) is 24.3 Å². The first-order valence-electron chi connectivity index (χ1n) is 11.3. The van der Waals surface area contributed by atoms with Crippen LogP contribution < -0.4 is 10.2 Å². The Hall–Kier alpha value is -4.03. The summed E-state index contributed by atoms with van der Waals surface area (Å²) in [5.41, 5.74) is 2.76. The van der Waals surface area contributed by atoms with Crippen LogP contribution in [0, 0.1) is 11.3 Å². The van der Waals surface area contributed by atoms with E-state index < -0.39 is 30.7 Å². The van der Waals surface area contributed by atoms with Gasteiger partial charge in [0.1, 0.15) is 12.7 Å². The van der Waals surface area contributed by atoms with Gasteiger partial charge in [-0.25, -0.2) is 9.18 Å². The summed E-state index contributed by atoms with van der Waals surface area (Å²) < 4.78 is 13.4. The van der Waals surface area contributed by atoms with E-state index in [0.29, 0.717) is 40.1 Å².